The number of carbonyl (C=O) groups is 1. The van der Waals surface area contributed by atoms with Gasteiger partial charge in [-0.3, -0.25) is 10.1 Å². The van der Waals surface area contributed by atoms with E-state index in [1.54, 1.807) is 31.2 Å². The van der Waals surface area contributed by atoms with Crippen molar-refractivity contribution in [3.63, 3.8) is 0 Å². The molecule has 0 saturated heterocycles. The summed E-state index contributed by atoms with van der Waals surface area (Å²) in [5.41, 5.74) is 0.726. The van der Waals surface area contributed by atoms with Gasteiger partial charge < -0.3 is 4.74 Å². The van der Waals surface area contributed by atoms with Crippen LogP contribution in [0.4, 0.5) is 0 Å². The number of nitrogens with zero attached hydrogens (tertiary/aromatic N) is 1. The van der Waals surface area contributed by atoms with Gasteiger partial charge in [0.1, 0.15) is 6.04 Å². The highest BCUT2D eigenvalue weighted by Crippen LogP contribution is 2.16. The van der Waals surface area contributed by atoms with Crippen LogP contribution in [0.1, 0.15) is 18.5 Å². The molecule has 17 heavy (non-hydrogen) atoms. The fourth-order valence-electron chi connectivity index (χ4n) is 1.32. The molecule has 1 aromatic rings. The average molecular weight is 253 g/mol. The molecule has 1 atom stereocenters. The van der Waals surface area contributed by atoms with Gasteiger partial charge in [0.05, 0.1) is 19.2 Å². The smallest absolute Gasteiger partial charge is 0.319 e. The van der Waals surface area contributed by atoms with Gasteiger partial charge in [0.25, 0.3) is 0 Å². The van der Waals surface area contributed by atoms with Crippen LogP contribution in [-0.4, -0.2) is 19.1 Å². The molecule has 4 nitrogen and oxygen atoms in total. The largest absolute Gasteiger partial charge is 0.465 e. The van der Waals surface area contributed by atoms with E-state index >= 15 is 0 Å². The average Bonchev–Trinajstić information content (AvgIpc) is 2.30. The minimum absolute atomic E-state index is 0.00141. The van der Waals surface area contributed by atoms with Crippen LogP contribution in [0.5, 0.6) is 0 Å². The molecule has 1 aromatic carbocycles. The van der Waals surface area contributed by atoms with Crippen LogP contribution in [0.15, 0.2) is 24.3 Å². The summed E-state index contributed by atoms with van der Waals surface area (Å²) in [6, 6.07) is 8.44. The second-order valence-electron chi connectivity index (χ2n) is 3.30. The van der Waals surface area contributed by atoms with Crippen molar-refractivity contribution < 1.29 is 9.53 Å². The molecule has 1 N–H and O–H groups in total. The molecule has 0 amide bonds. The quantitative estimate of drug-likeness (QED) is 0.815. The van der Waals surface area contributed by atoms with Crippen molar-refractivity contribution in [2.24, 2.45) is 0 Å². The van der Waals surface area contributed by atoms with Gasteiger partial charge in [-0.1, -0.05) is 23.7 Å². The van der Waals surface area contributed by atoms with Crippen LogP contribution in [0.3, 0.4) is 0 Å². The molecule has 1 unspecified atom stereocenters. The monoisotopic (exact) mass is 252 g/mol. The fraction of sp³-hybridized carbons (Fsp3) is 0.333. The summed E-state index contributed by atoms with van der Waals surface area (Å²) in [7, 11) is 0. The molecule has 0 aliphatic carbocycles. The Hall–Kier alpha value is -1.57. The second-order valence-corrected chi connectivity index (χ2v) is 3.74. The number of nitrogens with one attached hydrogen (secondary N) is 1. The molecular weight excluding hydrogens is 240 g/mol. The van der Waals surface area contributed by atoms with Gasteiger partial charge in [0.2, 0.25) is 0 Å². The summed E-state index contributed by atoms with van der Waals surface area (Å²) in [4.78, 5) is 11.1. The van der Waals surface area contributed by atoms with E-state index in [0.29, 0.717) is 11.6 Å². The first-order valence-electron chi connectivity index (χ1n) is 5.21. The van der Waals surface area contributed by atoms with Gasteiger partial charge in [-0.25, -0.2) is 0 Å². The van der Waals surface area contributed by atoms with Crippen molar-refractivity contribution in [1.29, 1.82) is 5.26 Å². The van der Waals surface area contributed by atoms with Gasteiger partial charge in [-0.15, -0.1) is 0 Å². The third kappa shape index (κ3) is 4.43. The van der Waals surface area contributed by atoms with Crippen molar-refractivity contribution >= 4 is 17.6 Å². The van der Waals surface area contributed by atoms with Gasteiger partial charge >= 0.3 is 5.97 Å². The highest BCUT2D eigenvalue weighted by Gasteiger charge is 2.12. The molecule has 1 rings (SSSR count). The molecule has 0 fully saturated rings. The molecule has 0 aromatic heterocycles. The van der Waals surface area contributed by atoms with E-state index in [0.717, 1.165) is 5.56 Å². The van der Waals surface area contributed by atoms with Gasteiger partial charge in [-0.2, -0.15) is 5.26 Å². The first-order chi connectivity index (χ1) is 8.17. The minimum atomic E-state index is -0.571. The summed E-state index contributed by atoms with van der Waals surface area (Å²) in [6.07, 6.45) is 0. The lowest BCUT2D eigenvalue weighted by Gasteiger charge is -2.11. The lowest BCUT2D eigenvalue weighted by molar-refractivity contribution is -0.142. The van der Waals surface area contributed by atoms with E-state index < -0.39 is 6.04 Å². The van der Waals surface area contributed by atoms with Crippen molar-refractivity contribution in [2.45, 2.75) is 13.0 Å². The SMILES string of the molecule is CCOC(=O)CNC(C#N)c1cccc(Cl)c1. The summed E-state index contributed by atoms with van der Waals surface area (Å²) in [5, 5.41) is 12.4. The summed E-state index contributed by atoms with van der Waals surface area (Å²) in [6.45, 7) is 2.06. The first-order valence-corrected chi connectivity index (χ1v) is 5.59. The number of esters is 1. The van der Waals surface area contributed by atoms with E-state index in [-0.39, 0.29) is 12.5 Å². The zero-order valence-electron chi connectivity index (χ0n) is 9.44. The third-order valence-corrected chi connectivity index (χ3v) is 2.30. The van der Waals surface area contributed by atoms with Gasteiger partial charge in [0, 0.05) is 5.02 Å². The molecule has 0 heterocycles. The molecular formula is C12H13ClN2O2. The highest BCUT2D eigenvalue weighted by molar-refractivity contribution is 6.30. The van der Waals surface area contributed by atoms with Gasteiger partial charge in [-0.05, 0) is 24.6 Å². The minimum Gasteiger partial charge on any atom is -0.465 e. The maximum absolute atomic E-state index is 11.1. The standard InChI is InChI=1S/C12H13ClN2O2/c1-2-17-12(16)8-15-11(7-14)9-4-3-5-10(13)6-9/h3-6,11,15H,2,8H2,1H3. The molecule has 90 valence electrons. The number of hydrogen-bond donors (Lipinski definition) is 1. The topological polar surface area (TPSA) is 62.1 Å². The maximum Gasteiger partial charge on any atom is 0.319 e. The number of ether oxygens (including phenoxy) is 1. The molecule has 0 spiro atoms. The Balaban J connectivity index is 2.61. The van der Waals surface area contributed by atoms with E-state index in [9.17, 15) is 4.79 Å². The van der Waals surface area contributed by atoms with Crippen molar-refractivity contribution in [3.05, 3.63) is 34.9 Å². The van der Waals surface area contributed by atoms with E-state index in [2.05, 4.69) is 11.4 Å². The van der Waals surface area contributed by atoms with E-state index in [4.69, 9.17) is 21.6 Å². The van der Waals surface area contributed by atoms with E-state index in [1.807, 2.05) is 0 Å². The number of hydrogen-bond acceptors (Lipinski definition) is 4. The number of nitriles is 1. The summed E-state index contributed by atoms with van der Waals surface area (Å²) >= 11 is 5.83. The first kappa shape index (κ1) is 13.5. The molecule has 0 radical (unpaired) electrons. The highest BCUT2D eigenvalue weighted by atomic mass is 35.5. The maximum atomic E-state index is 11.1. The Morgan fingerprint density at radius 1 is 1.65 bits per heavy atom. The summed E-state index contributed by atoms with van der Waals surface area (Å²) < 4.78 is 4.76. The Bertz CT molecular complexity index is 429. The van der Waals surface area contributed by atoms with Crippen molar-refractivity contribution in [3.8, 4) is 6.07 Å². The Morgan fingerprint density at radius 3 is 3.00 bits per heavy atom. The van der Waals surface area contributed by atoms with Gasteiger partial charge in [0.15, 0.2) is 0 Å². The van der Waals surface area contributed by atoms with Crippen LogP contribution in [0, 0.1) is 11.3 Å². The number of halogens is 1. The van der Waals surface area contributed by atoms with Crippen LogP contribution in [0.2, 0.25) is 5.02 Å². The zero-order valence-corrected chi connectivity index (χ0v) is 10.2. The molecule has 0 aliphatic rings. The number of rotatable bonds is 5. The number of benzene rings is 1. The Labute approximate surface area is 105 Å². The molecule has 0 aliphatic heterocycles. The molecule has 0 bridgehead atoms. The predicted octanol–water partition coefficient (Wildman–Crippen LogP) is 2.06. The predicted molar refractivity (Wildman–Crippen MR) is 64.4 cm³/mol. The molecule has 0 saturated carbocycles. The van der Waals surface area contributed by atoms with Crippen LogP contribution < -0.4 is 5.32 Å². The van der Waals surface area contributed by atoms with Crippen LogP contribution >= 0.6 is 11.6 Å². The second kappa shape index (κ2) is 6.89. The van der Waals surface area contributed by atoms with Crippen LogP contribution in [-0.2, 0) is 9.53 Å². The lowest BCUT2D eigenvalue weighted by Crippen LogP contribution is -2.28. The van der Waals surface area contributed by atoms with Crippen molar-refractivity contribution in [1.82, 2.24) is 5.32 Å². The van der Waals surface area contributed by atoms with E-state index in [1.165, 1.54) is 0 Å². The fourth-order valence-corrected chi connectivity index (χ4v) is 1.52. The lowest BCUT2D eigenvalue weighted by atomic mass is 10.1. The van der Waals surface area contributed by atoms with Crippen molar-refractivity contribution in [2.75, 3.05) is 13.2 Å². The normalized spacial score (nSPS) is 11.6. The van der Waals surface area contributed by atoms with Crippen LogP contribution in [0.25, 0.3) is 0 Å². The summed E-state index contributed by atoms with van der Waals surface area (Å²) in [5.74, 6) is -0.380. The molecule has 5 heteroatoms. The Kier molecular flexibility index (Phi) is 5.47. The third-order valence-electron chi connectivity index (χ3n) is 2.07. The zero-order chi connectivity index (χ0) is 12.7. The number of carbonyl (C=O) groups excluding carboxylic acids is 1. The Morgan fingerprint density at radius 2 is 2.41 bits per heavy atom.